The predicted molar refractivity (Wildman–Crippen MR) is 123 cm³/mol. The van der Waals surface area contributed by atoms with Gasteiger partial charge in [0.1, 0.15) is 24.2 Å². The molecule has 0 saturated carbocycles. The van der Waals surface area contributed by atoms with E-state index in [9.17, 15) is 9.90 Å². The van der Waals surface area contributed by atoms with Crippen molar-refractivity contribution in [2.75, 3.05) is 46.5 Å². The molecule has 0 radical (unpaired) electrons. The third-order valence-corrected chi connectivity index (χ3v) is 5.59. The quantitative estimate of drug-likeness (QED) is 0.489. The van der Waals surface area contributed by atoms with E-state index in [4.69, 9.17) is 14.2 Å². The Morgan fingerprint density at radius 2 is 1.84 bits per heavy atom. The maximum atomic E-state index is 11.9. The summed E-state index contributed by atoms with van der Waals surface area (Å²) in [7, 11) is 1.67. The van der Waals surface area contributed by atoms with Gasteiger partial charge in [-0.3, -0.25) is 4.90 Å². The molecule has 2 aromatic carbocycles. The molecule has 1 saturated heterocycles. The molecule has 0 amide bonds. The van der Waals surface area contributed by atoms with Gasteiger partial charge in [0.05, 0.1) is 19.3 Å². The molecule has 1 aliphatic rings. The van der Waals surface area contributed by atoms with Gasteiger partial charge in [0, 0.05) is 19.1 Å². The summed E-state index contributed by atoms with van der Waals surface area (Å²) in [6.07, 6.45) is 1.76. The lowest BCUT2D eigenvalue weighted by Gasteiger charge is -2.29. The summed E-state index contributed by atoms with van der Waals surface area (Å²) in [5.74, 6) is 0.996. The molecule has 0 bridgehead atoms. The number of nitrogens with one attached hydrogen (secondary N) is 1. The maximum absolute atomic E-state index is 11.9. The second kappa shape index (κ2) is 12.4. The van der Waals surface area contributed by atoms with Gasteiger partial charge in [-0.15, -0.1) is 0 Å². The average Bonchev–Trinajstić information content (AvgIpc) is 3.35. The molecule has 1 heterocycles. The van der Waals surface area contributed by atoms with Gasteiger partial charge in [0.2, 0.25) is 0 Å². The van der Waals surface area contributed by atoms with Crippen LogP contribution >= 0.6 is 0 Å². The summed E-state index contributed by atoms with van der Waals surface area (Å²) in [6.45, 7) is 5.55. The third-order valence-electron chi connectivity index (χ3n) is 5.59. The SMILES string of the molecule is CCOC(=O)c1cccc(OC[C@@H](O)CNC[C@@H](c2ccc(OC)cc2)N2CCCC2)c1. The number of ether oxygens (including phenoxy) is 3. The Kier molecular flexibility index (Phi) is 9.34. The number of likely N-dealkylation sites (tertiary alicyclic amines) is 1. The van der Waals surface area contributed by atoms with Crippen molar-refractivity contribution in [1.29, 1.82) is 0 Å². The third kappa shape index (κ3) is 6.95. The standard InChI is InChI=1S/C25H34N2O5/c1-3-31-25(29)20-7-6-8-23(15-20)32-18-21(28)16-26-17-24(27-13-4-5-14-27)19-9-11-22(30-2)12-10-19/h6-12,15,21,24,26,28H,3-5,13-14,16-18H2,1-2H3/t21-,24-/m0/s1. The van der Waals surface area contributed by atoms with E-state index in [0.717, 1.165) is 25.4 Å². The molecule has 0 unspecified atom stereocenters. The summed E-state index contributed by atoms with van der Waals surface area (Å²) in [5.41, 5.74) is 1.67. The smallest absolute Gasteiger partial charge is 0.338 e. The number of carbonyl (C=O) groups excluding carboxylic acids is 1. The van der Waals surface area contributed by atoms with E-state index in [1.807, 2.05) is 12.1 Å². The number of esters is 1. The minimum Gasteiger partial charge on any atom is -0.497 e. The lowest BCUT2D eigenvalue weighted by Crippen LogP contribution is -2.38. The normalized spacial score (nSPS) is 15.8. The predicted octanol–water partition coefficient (Wildman–Crippen LogP) is 3.04. The summed E-state index contributed by atoms with van der Waals surface area (Å²) < 4.78 is 16.0. The molecular weight excluding hydrogens is 408 g/mol. The topological polar surface area (TPSA) is 80.3 Å². The van der Waals surface area contributed by atoms with Gasteiger partial charge in [-0.1, -0.05) is 18.2 Å². The number of nitrogens with zero attached hydrogens (tertiary/aromatic N) is 1. The van der Waals surface area contributed by atoms with Crippen LogP contribution in [0.5, 0.6) is 11.5 Å². The van der Waals surface area contributed by atoms with Crippen molar-refractivity contribution in [2.24, 2.45) is 0 Å². The molecule has 0 aromatic heterocycles. The van der Waals surface area contributed by atoms with Crippen LogP contribution in [0, 0.1) is 0 Å². The van der Waals surface area contributed by atoms with Crippen molar-refractivity contribution in [2.45, 2.75) is 31.9 Å². The van der Waals surface area contributed by atoms with Gasteiger partial charge in [0.25, 0.3) is 0 Å². The van der Waals surface area contributed by atoms with E-state index in [-0.39, 0.29) is 18.6 Å². The lowest BCUT2D eigenvalue weighted by molar-refractivity contribution is 0.0525. The Morgan fingerprint density at radius 3 is 2.53 bits per heavy atom. The number of aliphatic hydroxyl groups is 1. The fourth-order valence-electron chi connectivity index (χ4n) is 3.90. The number of methoxy groups -OCH3 is 1. The fourth-order valence-corrected chi connectivity index (χ4v) is 3.90. The van der Waals surface area contributed by atoms with Crippen LogP contribution in [-0.2, 0) is 4.74 Å². The first-order valence-corrected chi connectivity index (χ1v) is 11.3. The minimum atomic E-state index is -0.670. The van der Waals surface area contributed by atoms with E-state index < -0.39 is 6.10 Å². The van der Waals surface area contributed by atoms with E-state index in [2.05, 4.69) is 22.3 Å². The van der Waals surface area contributed by atoms with Crippen LogP contribution in [0.1, 0.15) is 41.7 Å². The molecule has 7 nitrogen and oxygen atoms in total. The first-order chi connectivity index (χ1) is 15.6. The highest BCUT2D eigenvalue weighted by Crippen LogP contribution is 2.26. The Hall–Kier alpha value is -2.61. The molecule has 174 valence electrons. The highest BCUT2D eigenvalue weighted by Gasteiger charge is 2.23. The summed E-state index contributed by atoms with van der Waals surface area (Å²) in [6, 6.07) is 15.3. The molecule has 2 N–H and O–H groups in total. The molecule has 3 rings (SSSR count). The maximum Gasteiger partial charge on any atom is 0.338 e. The molecule has 1 fully saturated rings. The number of benzene rings is 2. The van der Waals surface area contributed by atoms with Gasteiger partial charge >= 0.3 is 5.97 Å². The highest BCUT2D eigenvalue weighted by atomic mass is 16.5. The van der Waals surface area contributed by atoms with Crippen molar-refractivity contribution >= 4 is 5.97 Å². The first-order valence-electron chi connectivity index (χ1n) is 11.3. The van der Waals surface area contributed by atoms with Crippen molar-refractivity contribution in [3.8, 4) is 11.5 Å². The molecule has 0 spiro atoms. The number of carbonyl (C=O) groups is 1. The van der Waals surface area contributed by atoms with Crippen LogP contribution in [0.15, 0.2) is 48.5 Å². The van der Waals surface area contributed by atoms with Crippen LogP contribution in [0.3, 0.4) is 0 Å². The molecule has 0 aliphatic carbocycles. The minimum absolute atomic E-state index is 0.135. The van der Waals surface area contributed by atoms with Crippen LogP contribution in [0.2, 0.25) is 0 Å². The van der Waals surface area contributed by atoms with E-state index in [0.29, 0.717) is 24.5 Å². The van der Waals surface area contributed by atoms with Gasteiger partial charge < -0.3 is 24.6 Å². The van der Waals surface area contributed by atoms with Gasteiger partial charge in [-0.05, 0) is 68.8 Å². The number of rotatable bonds is 12. The van der Waals surface area contributed by atoms with E-state index >= 15 is 0 Å². The van der Waals surface area contributed by atoms with Crippen LogP contribution < -0.4 is 14.8 Å². The van der Waals surface area contributed by atoms with Crippen LogP contribution in [-0.4, -0.2) is 68.6 Å². The molecule has 32 heavy (non-hydrogen) atoms. The van der Waals surface area contributed by atoms with Crippen molar-refractivity contribution < 1.29 is 24.1 Å². The van der Waals surface area contributed by atoms with Crippen molar-refractivity contribution in [1.82, 2.24) is 10.2 Å². The zero-order valence-corrected chi connectivity index (χ0v) is 19.0. The Morgan fingerprint density at radius 1 is 1.09 bits per heavy atom. The van der Waals surface area contributed by atoms with Crippen molar-refractivity contribution in [3.63, 3.8) is 0 Å². The molecule has 1 aliphatic heterocycles. The van der Waals surface area contributed by atoms with Gasteiger partial charge in [0.15, 0.2) is 0 Å². The second-order valence-corrected chi connectivity index (χ2v) is 7.90. The monoisotopic (exact) mass is 442 g/mol. The zero-order valence-electron chi connectivity index (χ0n) is 19.0. The summed E-state index contributed by atoms with van der Waals surface area (Å²) >= 11 is 0. The second-order valence-electron chi connectivity index (χ2n) is 7.90. The largest absolute Gasteiger partial charge is 0.497 e. The summed E-state index contributed by atoms with van der Waals surface area (Å²) in [4.78, 5) is 14.3. The summed E-state index contributed by atoms with van der Waals surface area (Å²) in [5, 5.41) is 13.8. The first kappa shape index (κ1) is 24.0. The number of aliphatic hydroxyl groups excluding tert-OH is 1. The fraction of sp³-hybridized carbons (Fsp3) is 0.480. The Labute approximate surface area is 190 Å². The van der Waals surface area contributed by atoms with Gasteiger partial charge in [-0.25, -0.2) is 4.79 Å². The number of hydrogen-bond acceptors (Lipinski definition) is 7. The molecule has 2 atom stereocenters. The lowest BCUT2D eigenvalue weighted by atomic mass is 10.1. The molecule has 7 heteroatoms. The Bertz CT molecular complexity index is 836. The van der Waals surface area contributed by atoms with E-state index in [1.54, 1.807) is 38.3 Å². The highest BCUT2D eigenvalue weighted by molar-refractivity contribution is 5.89. The Balaban J connectivity index is 1.49. The van der Waals surface area contributed by atoms with Gasteiger partial charge in [-0.2, -0.15) is 0 Å². The van der Waals surface area contributed by atoms with Crippen LogP contribution in [0.25, 0.3) is 0 Å². The molecule has 2 aromatic rings. The van der Waals surface area contributed by atoms with Crippen molar-refractivity contribution in [3.05, 3.63) is 59.7 Å². The number of hydrogen-bond donors (Lipinski definition) is 2. The zero-order chi connectivity index (χ0) is 22.8. The van der Waals surface area contributed by atoms with E-state index in [1.165, 1.54) is 18.4 Å². The molecular formula is C25H34N2O5. The van der Waals surface area contributed by atoms with Crippen LogP contribution in [0.4, 0.5) is 0 Å². The average molecular weight is 443 g/mol.